The third-order valence-corrected chi connectivity index (χ3v) is 5.09. The smallest absolute Gasteiger partial charge is 0.335 e. The molecule has 162 valence electrons. The number of hydrogen-bond donors (Lipinski definition) is 3. The monoisotopic (exact) mass is 395 g/mol. The molecule has 0 heterocycles. The van der Waals surface area contributed by atoms with Crippen LogP contribution in [-0.2, 0) is 4.74 Å². The standard InChI is InChI=1S/C16H35NO2.C7H6O2/c1-4-5-6-7-8-9-10-11-15(12-13-18)16(2,3)19-14-17;8-7(9)6-4-2-1-3-5-6/h15,18H,4-14,17H2,1-3H3;1-5H,(H,8,9). The van der Waals surface area contributed by atoms with Crippen molar-refractivity contribution in [3.63, 3.8) is 0 Å². The van der Waals surface area contributed by atoms with Gasteiger partial charge >= 0.3 is 5.97 Å². The van der Waals surface area contributed by atoms with Crippen LogP contribution < -0.4 is 5.73 Å². The first-order chi connectivity index (χ1) is 13.4. The van der Waals surface area contributed by atoms with E-state index in [0.29, 0.717) is 11.5 Å². The van der Waals surface area contributed by atoms with Crippen molar-refractivity contribution in [3.8, 4) is 0 Å². The summed E-state index contributed by atoms with van der Waals surface area (Å²) in [6, 6.07) is 8.30. The summed E-state index contributed by atoms with van der Waals surface area (Å²) in [4.78, 5) is 10.2. The zero-order chi connectivity index (χ0) is 21.3. The van der Waals surface area contributed by atoms with E-state index in [9.17, 15) is 9.90 Å². The number of unbranched alkanes of at least 4 members (excludes halogenated alkanes) is 6. The molecular weight excluding hydrogens is 354 g/mol. The zero-order valence-corrected chi connectivity index (χ0v) is 18.0. The van der Waals surface area contributed by atoms with Gasteiger partial charge < -0.3 is 20.7 Å². The SMILES string of the molecule is CCCCCCCCCC(CCO)C(C)(C)OCN.O=C(O)c1ccccc1. The highest BCUT2D eigenvalue weighted by Crippen LogP contribution is 2.29. The number of aliphatic hydroxyl groups excluding tert-OH is 1. The van der Waals surface area contributed by atoms with Crippen molar-refractivity contribution in [3.05, 3.63) is 35.9 Å². The van der Waals surface area contributed by atoms with Crippen LogP contribution in [0.2, 0.25) is 0 Å². The van der Waals surface area contributed by atoms with E-state index in [1.807, 2.05) is 0 Å². The topological polar surface area (TPSA) is 92.8 Å². The molecule has 28 heavy (non-hydrogen) atoms. The van der Waals surface area contributed by atoms with Crippen LogP contribution in [-0.4, -0.2) is 35.1 Å². The largest absolute Gasteiger partial charge is 0.478 e. The van der Waals surface area contributed by atoms with Crippen LogP contribution >= 0.6 is 0 Å². The second-order valence-corrected chi connectivity index (χ2v) is 7.70. The molecule has 0 amide bonds. The van der Waals surface area contributed by atoms with E-state index < -0.39 is 5.97 Å². The van der Waals surface area contributed by atoms with Crippen molar-refractivity contribution in [1.82, 2.24) is 0 Å². The number of ether oxygens (including phenoxy) is 1. The van der Waals surface area contributed by atoms with Crippen molar-refractivity contribution in [1.29, 1.82) is 0 Å². The third-order valence-electron chi connectivity index (χ3n) is 5.09. The van der Waals surface area contributed by atoms with Crippen molar-refractivity contribution in [2.24, 2.45) is 11.7 Å². The van der Waals surface area contributed by atoms with Gasteiger partial charge in [-0.1, -0.05) is 70.1 Å². The Kier molecular flexibility index (Phi) is 15.7. The average molecular weight is 396 g/mol. The van der Waals surface area contributed by atoms with Gasteiger partial charge in [-0.2, -0.15) is 0 Å². The summed E-state index contributed by atoms with van der Waals surface area (Å²) in [5.41, 5.74) is 5.60. The van der Waals surface area contributed by atoms with E-state index in [1.165, 1.54) is 44.9 Å². The fourth-order valence-electron chi connectivity index (χ4n) is 3.26. The summed E-state index contributed by atoms with van der Waals surface area (Å²) in [5.74, 6) is -0.479. The summed E-state index contributed by atoms with van der Waals surface area (Å²) in [5, 5.41) is 17.6. The average Bonchev–Trinajstić information content (AvgIpc) is 2.67. The number of carboxylic acids is 1. The van der Waals surface area contributed by atoms with Crippen molar-refractivity contribution >= 4 is 5.97 Å². The first-order valence-corrected chi connectivity index (χ1v) is 10.6. The number of benzene rings is 1. The van der Waals surface area contributed by atoms with Crippen molar-refractivity contribution < 1.29 is 19.7 Å². The number of nitrogens with two attached hydrogens (primary N) is 1. The van der Waals surface area contributed by atoms with Crippen LogP contribution in [0.4, 0.5) is 0 Å². The minimum absolute atomic E-state index is 0.223. The molecule has 4 N–H and O–H groups in total. The summed E-state index contributed by atoms with van der Waals surface area (Å²) >= 11 is 0. The van der Waals surface area contributed by atoms with Gasteiger partial charge in [-0.3, -0.25) is 0 Å². The minimum Gasteiger partial charge on any atom is -0.478 e. The fourth-order valence-corrected chi connectivity index (χ4v) is 3.26. The van der Waals surface area contributed by atoms with Gasteiger partial charge in [0.25, 0.3) is 0 Å². The number of carbonyl (C=O) groups is 1. The second-order valence-electron chi connectivity index (χ2n) is 7.70. The van der Waals surface area contributed by atoms with Crippen LogP contribution in [0, 0.1) is 5.92 Å². The Morgan fingerprint density at radius 2 is 1.61 bits per heavy atom. The normalized spacial score (nSPS) is 12.2. The van der Waals surface area contributed by atoms with E-state index in [4.69, 9.17) is 15.6 Å². The molecule has 0 aliphatic rings. The quantitative estimate of drug-likeness (QED) is 0.296. The Balaban J connectivity index is 0.000000668. The van der Waals surface area contributed by atoms with Crippen molar-refractivity contribution in [2.45, 2.75) is 84.2 Å². The Morgan fingerprint density at radius 3 is 2.07 bits per heavy atom. The van der Waals surface area contributed by atoms with Gasteiger partial charge in [0.2, 0.25) is 0 Å². The van der Waals surface area contributed by atoms with Crippen LogP contribution in [0.15, 0.2) is 30.3 Å². The number of carboxylic acid groups (broad SMARTS) is 1. The Labute approximate surface area is 171 Å². The Hall–Kier alpha value is -1.43. The maximum absolute atomic E-state index is 10.2. The molecule has 1 unspecified atom stereocenters. The Bertz CT molecular complexity index is 491. The lowest BCUT2D eigenvalue weighted by Crippen LogP contribution is -2.37. The predicted molar refractivity (Wildman–Crippen MR) is 115 cm³/mol. The summed E-state index contributed by atoms with van der Waals surface area (Å²) in [7, 11) is 0. The van der Waals surface area contributed by atoms with Crippen molar-refractivity contribution in [2.75, 3.05) is 13.3 Å². The van der Waals surface area contributed by atoms with E-state index >= 15 is 0 Å². The first-order valence-electron chi connectivity index (χ1n) is 10.6. The van der Waals surface area contributed by atoms with Gasteiger partial charge in [-0.15, -0.1) is 0 Å². The molecule has 0 radical (unpaired) electrons. The van der Waals surface area contributed by atoms with E-state index in [-0.39, 0.29) is 18.9 Å². The molecule has 1 rings (SSSR count). The van der Waals surface area contributed by atoms with Gasteiger partial charge in [0.15, 0.2) is 0 Å². The molecule has 0 fully saturated rings. The molecule has 0 aliphatic carbocycles. The summed E-state index contributed by atoms with van der Waals surface area (Å²) in [6.07, 6.45) is 11.2. The van der Waals surface area contributed by atoms with Gasteiger partial charge in [0.05, 0.1) is 17.9 Å². The summed E-state index contributed by atoms with van der Waals surface area (Å²) in [6.45, 7) is 6.91. The summed E-state index contributed by atoms with van der Waals surface area (Å²) < 4.78 is 5.62. The molecule has 0 saturated heterocycles. The highest BCUT2D eigenvalue weighted by Gasteiger charge is 2.29. The van der Waals surface area contributed by atoms with Gasteiger partial charge in [-0.05, 0) is 44.7 Å². The molecule has 1 atom stereocenters. The lowest BCUT2D eigenvalue weighted by molar-refractivity contribution is -0.0663. The van der Waals surface area contributed by atoms with E-state index in [1.54, 1.807) is 30.3 Å². The van der Waals surface area contributed by atoms with Crippen LogP contribution in [0.3, 0.4) is 0 Å². The molecule has 0 bridgehead atoms. The van der Waals surface area contributed by atoms with Gasteiger partial charge in [-0.25, -0.2) is 4.79 Å². The van der Waals surface area contributed by atoms with Gasteiger partial charge in [0, 0.05) is 6.61 Å². The maximum Gasteiger partial charge on any atom is 0.335 e. The predicted octanol–water partition coefficient (Wildman–Crippen LogP) is 5.22. The molecule has 1 aromatic carbocycles. The number of aliphatic hydroxyl groups is 1. The first kappa shape index (κ1) is 26.6. The molecule has 5 nitrogen and oxygen atoms in total. The molecule has 5 heteroatoms. The number of rotatable bonds is 14. The highest BCUT2D eigenvalue weighted by molar-refractivity contribution is 5.87. The molecule has 0 aromatic heterocycles. The highest BCUT2D eigenvalue weighted by atomic mass is 16.5. The minimum atomic E-state index is -0.879. The maximum atomic E-state index is 10.2. The second kappa shape index (κ2) is 16.5. The molecule has 0 spiro atoms. The fraction of sp³-hybridized carbons (Fsp3) is 0.696. The zero-order valence-electron chi connectivity index (χ0n) is 18.0. The van der Waals surface area contributed by atoms with E-state index in [0.717, 1.165) is 12.8 Å². The lowest BCUT2D eigenvalue weighted by Gasteiger charge is -2.34. The lowest BCUT2D eigenvalue weighted by atomic mass is 9.83. The van der Waals surface area contributed by atoms with Gasteiger partial charge in [0.1, 0.15) is 0 Å². The third kappa shape index (κ3) is 12.9. The molecule has 0 aliphatic heterocycles. The molecule has 0 saturated carbocycles. The number of hydrogen-bond acceptors (Lipinski definition) is 4. The van der Waals surface area contributed by atoms with Crippen LogP contribution in [0.5, 0.6) is 0 Å². The van der Waals surface area contributed by atoms with Crippen LogP contribution in [0.1, 0.15) is 88.9 Å². The van der Waals surface area contributed by atoms with Crippen LogP contribution in [0.25, 0.3) is 0 Å². The number of aromatic carboxylic acids is 1. The Morgan fingerprint density at radius 1 is 1.04 bits per heavy atom. The molecular formula is C23H41NO4. The van der Waals surface area contributed by atoms with E-state index in [2.05, 4.69) is 20.8 Å². The molecule has 1 aromatic rings.